The van der Waals surface area contributed by atoms with Gasteiger partial charge in [-0.2, -0.15) is 0 Å². The van der Waals surface area contributed by atoms with Crippen molar-refractivity contribution in [3.63, 3.8) is 0 Å². The lowest BCUT2D eigenvalue weighted by molar-refractivity contribution is -0.350. The van der Waals surface area contributed by atoms with Gasteiger partial charge in [0.2, 0.25) is 0 Å². The molecular weight excluding hydrogens is 553 g/mol. The maximum atomic E-state index is 2.84. The highest BCUT2D eigenvalue weighted by atomic mass is 14.8. The second-order valence-corrected chi connectivity index (χ2v) is 24.0. The van der Waals surface area contributed by atoms with E-state index < -0.39 is 0 Å². The summed E-state index contributed by atoms with van der Waals surface area (Å²) in [4.78, 5) is 0. The summed E-state index contributed by atoms with van der Waals surface area (Å²) in [6, 6.07) is 0. The van der Waals surface area contributed by atoms with E-state index in [9.17, 15) is 0 Å². The Hall–Kier alpha value is 0. The molecule has 1 fully saturated rings. The van der Waals surface area contributed by atoms with E-state index in [-0.39, 0.29) is 65.0 Å². The predicted molar refractivity (Wildman–Crippen MR) is 212 cm³/mol. The fourth-order valence-corrected chi connectivity index (χ4v) is 13.0. The molecular formula is C46H92. The topological polar surface area (TPSA) is 0 Å². The zero-order valence-corrected chi connectivity index (χ0v) is 37.1. The number of hydrogen-bond acceptors (Lipinski definition) is 0. The zero-order chi connectivity index (χ0) is 37.1. The molecule has 6 unspecified atom stereocenters. The quantitative estimate of drug-likeness (QED) is 0.246. The van der Waals surface area contributed by atoms with E-state index >= 15 is 0 Å². The number of rotatable bonds is 0. The third-order valence-electron chi connectivity index (χ3n) is 17.6. The smallest absolute Gasteiger partial charge is 0.0149 e. The van der Waals surface area contributed by atoms with Gasteiger partial charge in [0.15, 0.2) is 0 Å². The van der Waals surface area contributed by atoms with Gasteiger partial charge in [0, 0.05) is 0 Å². The largest absolute Gasteiger partial charge is 0.0596 e. The summed E-state index contributed by atoms with van der Waals surface area (Å²) in [7, 11) is 0. The lowest BCUT2D eigenvalue weighted by atomic mass is 9.22. The molecule has 0 aliphatic heterocycles. The Morgan fingerprint density at radius 3 is 0.565 bits per heavy atom. The predicted octanol–water partition coefficient (Wildman–Crippen LogP) is 16.2. The lowest BCUT2D eigenvalue weighted by Gasteiger charge is -2.82. The summed E-state index contributed by atoms with van der Waals surface area (Å²) in [5.74, 6) is 0. The van der Waals surface area contributed by atoms with E-state index in [1.54, 1.807) is 0 Å². The van der Waals surface area contributed by atoms with Crippen molar-refractivity contribution in [3.05, 3.63) is 0 Å². The minimum atomic E-state index is -0.0723. The summed E-state index contributed by atoms with van der Waals surface area (Å²) in [5, 5.41) is 0. The fraction of sp³-hybridized carbons (Fsp3) is 1.00. The third-order valence-corrected chi connectivity index (χ3v) is 17.6. The van der Waals surface area contributed by atoms with E-state index in [4.69, 9.17) is 0 Å². The molecule has 0 heteroatoms. The van der Waals surface area contributed by atoms with Crippen LogP contribution < -0.4 is 0 Å². The second-order valence-electron chi connectivity index (χ2n) is 24.0. The summed E-state index contributed by atoms with van der Waals surface area (Å²) < 4.78 is 0. The molecule has 0 heterocycles. The van der Waals surface area contributed by atoms with Crippen molar-refractivity contribution in [1.82, 2.24) is 0 Å². The Kier molecular flexibility index (Phi) is 12.4. The lowest BCUT2D eigenvalue weighted by Crippen LogP contribution is -2.77. The first kappa shape index (κ1) is 44.0. The molecule has 1 rings (SSSR count). The van der Waals surface area contributed by atoms with Gasteiger partial charge in [-0.1, -0.05) is 218 Å². The van der Waals surface area contributed by atoms with Crippen LogP contribution in [0.5, 0.6) is 0 Å². The Balaban J connectivity index is 4.95. The van der Waals surface area contributed by atoms with Crippen molar-refractivity contribution in [1.29, 1.82) is 0 Å². The van der Waals surface area contributed by atoms with E-state index in [1.165, 1.54) is 64.2 Å². The standard InChI is InChI=1S/C46H92/c1-35(2,3)41(19)33-31-29-27-25-26-28-30-32-34-42(20,36(4,5)6)44(22,38(10,11)12)46(24,40(16,17)18)45(23,39(13,14)15)43(41,21)37(7,8)9/h25-34H2,1-24H3. The highest BCUT2D eigenvalue weighted by molar-refractivity contribution is 5.27. The SMILES string of the molecule is CC(C)(C)C1(C)CCCCCCCCCCC(C)(C(C)(C)C)C(C)(C(C)(C)C)C(C)(C(C)(C)C)C(C)(C(C)(C)C)C1(C)C(C)(C)C. The summed E-state index contributed by atoms with van der Waals surface area (Å²) in [6.45, 7) is 63.9. The molecule has 0 aromatic heterocycles. The van der Waals surface area contributed by atoms with Gasteiger partial charge in [-0.25, -0.2) is 0 Å². The summed E-state index contributed by atoms with van der Waals surface area (Å²) in [5.41, 5.74) is 0.463. The van der Waals surface area contributed by atoms with Gasteiger partial charge in [0.1, 0.15) is 0 Å². The van der Waals surface area contributed by atoms with Crippen LogP contribution in [0.25, 0.3) is 0 Å². The average molecular weight is 645 g/mol. The van der Waals surface area contributed by atoms with Crippen molar-refractivity contribution in [2.75, 3.05) is 0 Å². The van der Waals surface area contributed by atoms with Gasteiger partial charge in [0.25, 0.3) is 0 Å². The average Bonchev–Trinajstić information content (AvgIpc) is 2.82. The Labute approximate surface area is 294 Å². The van der Waals surface area contributed by atoms with Crippen LogP contribution >= 0.6 is 0 Å². The van der Waals surface area contributed by atoms with Crippen molar-refractivity contribution < 1.29 is 0 Å². The van der Waals surface area contributed by atoms with Crippen molar-refractivity contribution >= 4 is 0 Å². The van der Waals surface area contributed by atoms with Gasteiger partial charge in [-0.15, -0.1) is 0 Å². The summed E-state index contributed by atoms with van der Waals surface area (Å²) in [6.07, 6.45) is 13.6. The van der Waals surface area contributed by atoms with E-state index in [0.29, 0.717) is 0 Å². The first-order valence-electron chi connectivity index (χ1n) is 20.0. The highest BCUT2D eigenvalue weighted by Gasteiger charge is 2.79. The maximum absolute atomic E-state index is 2.84. The normalized spacial score (nSPS) is 38.1. The van der Waals surface area contributed by atoms with Crippen LogP contribution in [0, 0.1) is 65.0 Å². The Morgan fingerprint density at radius 1 is 0.239 bits per heavy atom. The molecule has 0 spiro atoms. The Bertz CT molecular complexity index is 904. The molecule has 6 atom stereocenters. The molecule has 0 N–H and O–H groups in total. The monoisotopic (exact) mass is 645 g/mol. The minimum Gasteiger partial charge on any atom is -0.0596 e. The highest BCUT2D eigenvalue weighted by Crippen LogP contribution is 2.85. The molecule has 0 nitrogen and oxygen atoms in total. The molecule has 0 saturated heterocycles. The van der Waals surface area contributed by atoms with Crippen molar-refractivity contribution in [3.8, 4) is 0 Å². The van der Waals surface area contributed by atoms with E-state index in [2.05, 4.69) is 166 Å². The third kappa shape index (κ3) is 6.26. The molecule has 0 aromatic rings. The second kappa shape index (κ2) is 13.0. The molecule has 1 saturated carbocycles. The molecule has 1 aliphatic carbocycles. The van der Waals surface area contributed by atoms with Crippen LogP contribution in [-0.4, -0.2) is 0 Å². The molecule has 276 valence electrons. The summed E-state index contributed by atoms with van der Waals surface area (Å²) >= 11 is 0. The zero-order valence-electron chi connectivity index (χ0n) is 37.1. The molecule has 0 bridgehead atoms. The maximum Gasteiger partial charge on any atom is -0.0149 e. The van der Waals surface area contributed by atoms with Crippen LogP contribution in [0.2, 0.25) is 0 Å². The van der Waals surface area contributed by atoms with E-state index in [0.717, 1.165) is 0 Å². The van der Waals surface area contributed by atoms with Crippen LogP contribution in [-0.2, 0) is 0 Å². The molecule has 0 amide bonds. The molecule has 46 heavy (non-hydrogen) atoms. The van der Waals surface area contributed by atoms with Crippen LogP contribution in [0.4, 0.5) is 0 Å². The molecule has 1 aliphatic rings. The van der Waals surface area contributed by atoms with Gasteiger partial charge >= 0.3 is 0 Å². The van der Waals surface area contributed by atoms with Gasteiger partial charge in [-0.3, -0.25) is 0 Å². The number of hydrogen-bond donors (Lipinski definition) is 0. The van der Waals surface area contributed by atoms with Crippen LogP contribution in [0.3, 0.4) is 0 Å². The van der Waals surface area contributed by atoms with Gasteiger partial charge < -0.3 is 0 Å². The van der Waals surface area contributed by atoms with E-state index in [1.807, 2.05) is 0 Å². The Morgan fingerprint density at radius 2 is 0.413 bits per heavy atom. The molecule has 0 radical (unpaired) electrons. The first-order valence-corrected chi connectivity index (χ1v) is 20.0. The fourth-order valence-electron chi connectivity index (χ4n) is 13.0. The van der Waals surface area contributed by atoms with Gasteiger partial charge in [-0.05, 0) is 77.8 Å². The van der Waals surface area contributed by atoms with Crippen molar-refractivity contribution in [2.24, 2.45) is 65.0 Å². The van der Waals surface area contributed by atoms with Crippen molar-refractivity contribution in [2.45, 2.75) is 230 Å². The first-order chi connectivity index (χ1) is 20.0. The van der Waals surface area contributed by atoms with Crippen LogP contribution in [0.1, 0.15) is 230 Å². The van der Waals surface area contributed by atoms with Gasteiger partial charge in [0.05, 0.1) is 0 Å². The van der Waals surface area contributed by atoms with Crippen LogP contribution in [0.15, 0.2) is 0 Å². The molecule has 0 aromatic carbocycles. The minimum absolute atomic E-state index is 0.0199.